The van der Waals surface area contributed by atoms with Gasteiger partial charge in [-0.25, -0.2) is 4.68 Å². The number of carbonyl (C=O) groups is 1. The Hall–Kier alpha value is -1.12. The fraction of sp³-hybridized carbons (Fsp3) is 0.667. The molecule has 1 saturated carbocycles. The number of aryl methyl sites for hydroxylation is 1. The van der Waals surface area contributed by atoms with E-state index in [2.05, 4.69) is 18.9 Å². The molecule has 3 rings (SSSR count). The summed E-state index contributed by atoms with van der Waals surface area (Å²) in [7, 11) is 0. The predicted molar refractivity (Wildman–Crippen MR) is 57.0 cm³/mol. The Bertz CT molecular complexity index is 470. The van der Waals surface area contributed by atoms with E-state index in [1.54, 1.807) is 11.6 Å². The minimum atomic E-state index is 0.0402. The van der Waals surface area contributed by atoms with Crippen LogP contribution in [-0.4, -0.2) is 15.7 Å². The number of fused-ring (bicyclic) bond motifs is 3. The molecule has 1 aromatic heterocycles. The zero-order valence-corrected chi connectivity index (χ0v) is 9.66. The minimum absolute atomic E-state index is 0.0402. The molecular formula is C12H16N2O. The van der Waals surface area contributed by atoms with Crippen LogP contribution in [0.3, 0.4) is 0 Å². The van der Waals surface area contributed by atoms with Crippen LogP contribution in [-0.2, 0) is 6.42 Å². The highest BCUT2D eigenvalue weighted by Gasteiger charge is 2.63. The Labute approximate surface area is 89.5 Å². The molecule has 0 spiro atoms. The molecule has 2 aliphatic rings. The van der Waals surface area contributed by atoms with E-state index in [0.717, 1.165) is 18.0 Å². The molecule has 2 atom stereocenters. The highest BCUT2D eigenvalue weighted by Crippen LogP contribution is 2.70. The number of aromatic nitrogens is 2. The molecular weight excluding hydrogens is 188 g/mol. The fourth-order valence-corrected chi connectivity index (χ4v) is 3.36. The normalized spacial score (nSPS) is 29.9. The van der Waals surface area contributed by atoms with E-state index in [0.29, 0.717) is 11.3 Å². The number of rotatable bonds is 0. The van der Waals surface area contributed by atoms with Crippen LogP contribution >= 0.6 is 0 Å². The number of hydrogen-bond donors (Lipinski definition) is 0. The summed E-state index contributed by atoms with van der Waals surface area (Å²) in [6.07, 6.45) is 1.04. The van der Waals surface area contributed by atoms with Crippen molar-refractivity contribution in [2.75, 3.05) is 0 Å². The summed E-state index contributed by atoms with van der Waals surface area (Å²) in [5.41, 5.74) is 4.02. The van der Waals surface area contributed by atoms with E-state index in [4.69, 9.17) is 0 Å². The van der Waals surface area contributed by atoms with Gasteiger partial charge >= 0.3 is 0 Å². The van der Waals surface area contributed by atoms with Gasteiger partial charge in [0.25, 0.3) is 0 Å². The maximum Gasteiger partial charge on any atom is 0.243 e. The van der Waals surface area contributed by atoms with Gasteiger partial charge in [-0.15, -0.1) is 0 Å². The van der Waals surface area contributed by atoms with Crippen molar-refractivity contribution in [3.63, 3.8) is 0 Å². The van der Waals surface area contributed by atoms with Gasteiger partial charge in [0.15, 0.2) is 0 Å². The van der Waals surface area contributed by atoms with Crippen LogP contribution in [0.2, 0.25) is 0 Å². The Morgan fingerprint density at radius 1 is 1.53 bits per heavy atom. The van der Waals surface area contributed by atoms with Gasteiger partial charge in [-0.1, -0.05) is 13.8 Å². The third-order valence-corrected chi connectivity index (χ3v) is 4.28. The lowest BCUT2D eigenvalue weighted by atomic mass is 9.98. The van der Waals surface area contributed by atoms with Crippen molar-refractivity contribution in [3.05, 3.63) is 17.0 Å². The molecule has 0 aliphatic heterocycles. The van der Waals surface area contributed by atoms with Crippen LogP contribution < -0.4 is 0 Å². The molecule has 2 aliphatic carbocycles. The van der Waals surface area contributed by atoms with Crippen molar-refractivity contribution < 1.29 is 4.79 Å². The smallest absolute Gasteiger partial charge is 0.243 e. The molecule has 3 heteroatoms. The Morgan fingerprint density at radius 2 is 2.20 bits per heavy atom. The summed E-state index contributed by atoms with van der Waals surface area (Å²) in [4.78, 5) is 11.4. The lowest BCUT2D eigenvalue weighted by molar-refractivity contribution is 0.0917. The average Bonchev–Trinajstić information content (AvgIpc) is 2.54. The molecule has 0 unspecified atom stereocenters. The first-order valence-electron chi connectivity index (χ1n) is 5.54. The molecule has 1 aromatic rings. The van der Waals surface area contributed by atoms with Crippen molar-refractivity contribution in [3.8, 4) is 0 Å². The average molecular weight is 204 g/mol. The maximum absolute atomic E-state index is 11.4. The quantitative estimate of drug-likeness (QED) is 0.649. The Morgan fingerprint density at radius 3 is 2.80 bits per heavy atom. The summed E-state index contributed by atoms with van der Waals surface area (Å²) < 4.78 is 1.60. The molecule has 0 aromatic carbocycles. The first-order valence-corrected chi connectivity index (χ1v) is 5.54. The maximum atomic E-state index is 11.4. The predicted octanol–water partition coefficient (Wildman–Crippen LogP) is 2.15. The summed E-state index contributed by atoms with van der Waals surface area (Å²) in [6.45, 7) is 8.24. The second-order valence-electron chi connectivity index (χ2n) is 5.49. The van der Waals surface area contributed by atoms with Crippen LogP contribution in [0.4, 0.5) is 0 Å². The molecule has 0 N–H and O–H groups in total. The molecule has 1 heterocycles. The van der Waals surface area contributed by atoms with Crippen molar-refractivity contribution in [1.29, 1.82) is 0 Å². The van der Waals surface area contributed by atoms with Gasteiger partial charge in [-0.3, -0.25) is 4.79 Å². The van der Waals surface area contributed by atoms with Crippen LogP contribution in [0.25, 0.3) is 0 Å². The van der Waals surface area contributed by atoms with E-state index in [-0.39, 0.29) is 5.91 Å². The minimum Gasteiger partial charge on any atom is -0.273 e. The molecule has 0 bridgehead atoms. The Balaban J connectivity index is 2.14. The van der Waals surface area contributed by atoms with Crippen molar-refractivity contribution in [1.82, 2.24) is 9.78 Å². The summed E-state index contributed by atoms with van der Waals surface area (Å²) in [5, 5.41) is 4.34. The third-order valence-electron chi connectivity index (χ3n) is 4.28. The van der Waals surface area contributed by atoms with E-state index in [9.17, 15) is 4.79 Å². The molecule has 1 fully saturated rings. The summed E-state index contributed by atoms with van der Waals surface area (Å²) >= 11 is 0. The van der Waals surface area contributed by atoms with Crippen molar-refractivity contribution in [2.24, 2.45) is 11.3 Å². The van der Waals surface area contributed by atoms with Gasteiger partial charge in [0.05, 0.1) is 11.4 Å². The third kappa shape index (κ3) is 0.912. The highest BCUT2D eigenvalue weighted by atomic mass is 16.2. The van der Waals surface area contributed by atoms with Crippen LogP contribution in [0.5, 0.6) is 0 Å². The van der Waals surface area contributed by atoms with E-state index in [1.807, 2.05) is 6.92 Å². The zero-order chi connectivity index (χ0) is 11.0. The summed E-state index contributed by atoms with van der Waals surface area (Å²) in [6, 6.07) is 0. The Kier molecular flexibility index (Phi) is 1.42. The van der Waals surface area contributed by atoms with Crippen LogP contribution in [0.15, 0.2) is 0 Å². The van der Waals surface area contributed by atoms with Gasteiger partial charge < -0.3 is 0 Å². The van der Waals surface area contributed by atoms with E-state index in [1.165, 1.54) is 11.3 Å². The lowest BCUT2D eigenvalue weighted by Gasteiger charge is -2.08. The second kappa shape index (κ2) is 2.34. The fourth-order valence-electron chi connectivity index (χ4n) is 3.36. The highest BCUT2D eigenvalue weighted by molar-refractivity contribution is 5.77. The standard InChI is InChI=1S/C12H16N2O/c1-6-10-9(14(13-6)7(2)15)5-8-11(10)12(8,3)4/h8,11H,5H2,1-4H3/t8-,11+/m0/s1. The van der Waals surface area contributed by atoms with Gasteiger partial charge in [-0.05, 0) is 30.6 Å². The second-order valence-corrected chi connectivity index (χ2v) is 5.49. The topological polar surface area (TPSA) is 34.9 Å². The molecule has 0 radical (unpaired) electrons. The number of carbonyl (C=O) groups excluding carboxylic acids is 1. The molecule has 3 nitrogen and oxygen atoms in total. The summed E-state index contributed by atoms with van der Waals surface area (Å²) in [5.74, 6) is 1.44. The van der Waals surface area contributed by atoms with Gasteiger partial charge in [0, 0.05) is 12.5 Å². The molecule has 0 saturated heterocycles. The molecule has 80 valence electrons. The van der Waals surface area contributed by atoms with Crippen molar-refractivity contribution in [2.45, 2.75) is 40.0 Å². The number of hydrogen-bond acceptors (Lipinski definition) is 2. The lowest BCUT2D eigenvalue weighted by Crippen LogP contribution is -2.13. The monoisotopic (exact) mass is 204 g/mol. The molecule has 0 amide bonds. The van der Waals surface area contributed by atoms with E-state index < -0.39 is 0 Å². The van der Waals surface area contributed by atoms with Gasteiger partial charge in [-0.2, -0.15) is 5.10 Å². The number of nitrogens with zero attached hydrogens (tertiary/aromatic N) is 2. The zero-order valence-electron chi connectivity index (χ0n) is 9.66. The van der Waals surface area contributed by atoms with Gasteiger partial charge in [0.2, 0.25) is 5.91 Å². The van der Waals surface area contributed by atoms with Gasteiger partial charge in [0.1, 0.15) is 0 Å². The first kappa shape index (κ1) is 9.13. The SMILES string of the molecule is CC(=O)n1nc(C)c2c1C[C@H]1[C@H]2C1(C)C. The van der Waals surface area contributed by atoms with E-state index >= 15 is 0 Å². The largest absolute Gasteiger partial charge is 0.273 e. The molecule has 15 heavy (non-hydrogen) atoms. The van der Waals surface area contributed by atoms with Crippen LogP contribution in [0, 0.1) is 18.3 Å². The van der Waals surface area contributed by atoms with Crippen LogP contribution in [0.1, 0.15) is 48.4 Å². The van der Waals surface area contributed by atoms with Crippen molar-refractivity contribution >= 4 is 5.91 Å². The first-order chi connectivity index (χ1) is 6.94.